The van der Waals surface area contributed by atoms with E-state index in [1.807, 2.05) is 0 Å². The van der Waals surface area contributed by atoms with Gasteiger partial charge >= 0.3 is 23.3 Å². The Morgan fingerprint density at radius 2 is 1.81 bits per heavy atom. The summed E-state index contributed by atoms with van der Waals surface area (Å²) in [6, 6.07) is 0. The fourth-order valence-corrected chi connectivity index (χ4v) is 5.84. The molecule has 170 valence electrons. The summed E-state index contributed by atoms with van der Waals surface area (Å²) in [7, 11) is -16.3. The number of carbonyl (C=O) groups excluding carboxylic acids is 2. The summed E-state index contributed by atoms with van der Waals surface area (Å²) >= 11 is 0. The molecule has 7 N–H and O–H groups in total. The van der Waals surface area contributed by atoms with Crippen LogP contribution in [0.4, 0.5) is 5.82 Å². The molecule has 18 nitrogen and oxygen atoms in total. The molecule has 1 aliphatic heterocycles. The summed E-state index contributed by atoms with van der Waals surface area (Å²) in [5.41, 5.74) is 5.81. The Labute approximate surface area is 170 Å². The van der Waals surface area contributed by atoms with Crippen LogP contribution in [0.1, 0.15) is 6.23 Å². The van der Waals surface area contributed by atoms with E-state index in [1.165, 1.54) is 0 Å². The lowest BCUT2D eigenvalue weighted by Crippen LogP contribution is -2.25. The fraction of sp³-hybridized carbons (Fsp3) is 0.300. The molecular formula is C10H13N6O12P3. The van der Waals surface area contributed by atoms with Crippen LogP contribution in [0.5, 0.6) is 0 Å². The van der Waals surface area contributed by atoms with E-state index in [4.69, 9.17) is 20.3 Å². The summed E-state index contributed by atoms with van der Waals surface area (Å²) in [4.78, 5) is 72.5. The number of fused-ring (bicyclic) bond motifs is 1. The zero-order chi connectivity index (χ0) is 23.2. The molecule has 1 fully saturated rings. The van der Waals surface area contributed by atoms with Gasteiger partial charge < -0.3 is 30.0 Å². The number of phosphoric ester groups is 1. The topological polar surface area (TPSA) is 276 Å². The molecule has 3 rings (SSSR count). The van der Waals surface area contributed by atoms with E-state index in [9.17, 15) is 33.1 Å². The highest BCUT2D eigenvalue weighted by molar-refractivity contribution is 7.70. The third-order valence-corrected chi connectivity index (χ3v) is 7.79. The van der Waals surface area contributed by atoms with Crippen LogP contribution in [0.3, 0.4) is 0 Å². The minimum atomic E-state index is -5.49. The number of aromatic nitrogens is 4. The predicted molar refractivity (Wildman–Crippen MR) is 95.5 cm³/mol. The number of rotatable bonds is 8. The number of anilines is 1. The van der Waals surface area contributed by atoms with Crippen molar-refractivity contribution in [3.05, 3.63) is 12.7 Å². The van der Waals surface area contributed by atoms with Gasteiger partial charge in [0.1, 0.15) is 11.8 Å². The molecule has 0 bridgehead atoms. The Hall–Kier alpha value is -1.94. The van der Waals surface area contributed by atoms with Crippen molar-refractivity contribution in [3.8, 4) is 0 Å². The van der Waals surface area contributed by atoms with Gasteiger partial charge in [0.2, 0.25) is 12.0 Å². The predicted octanol–water partition coefficient (Wildman–Crippen LogP) is -1.64. The van der Waals surface area contributed by atoms with E-state index in [2.05, 4.69) is 23.8 Å². The lowest BCUT2D eigenvalue weighted by molar-refractivity contribution is -0.136. The van der Waals surface area contributed by atoms with Gasteiger partial charge in [0.05, 0.1) is 12.9 Å². The van der Waals surface area contributed by atoms with Crippen LogP contribution < -0.4 is 10.6 Å². The van der Waals surface area contributed by atoms with Crippen LogP contribution in [0.15, 0.2) is 12.7 Å². The average Bonchev–Trinajstić information content (AvgIpc) is 3.13. The van der Waals surface area contributed by atoms with Crippen molar-refractivity contribution in [2.24, 2.45) is 0 Å². The van der Waals surface area contributed by atoms with E-state index in [1.54, 1.807) is 0 Å². The standard InChI is InChI=1S/C10H13N6O12P3/c11-8-5-9(13-2-12-8)16(3-14-5)10-7(18)6(17)4(27-10)1-26-31(24,25)28-30(22,23)15-29(19,20)21/h2-4,10H,1H2,(H,24,25)(H2,11,12,13)(H4,15,19,20,21,22,23)/t4?,10-/m1/s1. The highest BCUT2D eigenvalue weighted by Crippen LogP contribution is 2.61. The molecule has 0 amide bonds. The van der Waals surface area contributed by atoms with Crippen molar-refractivity contribution in [1.29, 1.82) is 0 Å². The molecule has 3 unspecified atom stereocenters. The minimum Gasteiger partial charge on any atom is -0.382 e. The van der Waals surface area contributed by atoms with Crippen molar-refractivity contribution >= 4 is 51.9 Å². The smallest absolute Gasteiger partial charge is 0.382 e. The third kappa shape index (κ3) is 5.46. The number of carbonyl (C=O) groups is 2. The Morgan fingerprint density at radius 3 is 2.45 bits per heavy atom. The average molecular weight is 502 g/mol. The van der Waals surface area contributed by atoms with Gasteiger partial charge in [-0.2, -0.15) is 4.31 Å². The summed E-state index contributed by atoms with van der Waals surface area (Å²) < 4.78 is 48.3. The van der Waals surface area contributed by atoms with Gasteiger partial charge in [-0.15, -0.1) is 4.86 Å². The second kappa shape index (κ2) is 8.20. The number of nitrogens with one attached hydrogen (secondary N) is 1. The second-order valence-electron chi connectivity index (χ2n) is 5.80. The maximum Gasteiger partial charge on any atom is 0.480 e. The number of imidazole rings is 1. The van der Waals surface area contributed by atoms with Crippen LogP contribution >= 0.6 is 23.3 Å². The highest BCUT2D eigenvalue weighted by Gasteiger charge is 2.46. The molecular weight excluding hydrogens is 489 g/mol. The molecule has 31 heavy (non-hydrogen) atoms. The highest BCUT2D eigenvalue weighted by atomic mass is 31.3. The normalized spacial score (nSPS) is 23.7. The largest absolute Gasteiger partial charge is 0.480 e. The Kier molecular flexibility index (Phi) is 6.27. The van der Waals surface area contributed by atoms with Crippen molar-refractivity contribution in [2.75, 3.05) is 12.3 Å². The number of ether oxygens (including phenoxy) is 1. The zero-order valence-corrected chi connectivity index (χ0v) is 17.5. The Morgan fingerprint density at radius 1 is 1.13 bits per heavy atom. The molecule has 2 aromatic heterocycles. The monoisotopic (exact) mass is 502 g/mol. The van der Waals surface area contributed by atoms with Crippen LogP contribution in [0.25, 0.3) is 11.2 Å². The summed E-state index contributed by atoms with van der Waals surface area (Å²) in [6.07, 6.45) is -1.12. The summed E-state index contributed by atoms with van der Waals surface area (Å²) in [5.74, 6) is -2.26. The van der Waals surface area contributed by atoms with Crippen LogP contribution in [-0.2, 0) is 36.9 Å². The number of hydrogen-bond acceptors (Lipinski definition) is 12. The van der Waals surface area contributed by atoms with E-state index in [0.29, 0.717) is 0 Å². The van der Waals surface area contributed by atoms with E-state index in [-0.39, 0.29) is 17.0 Å². The molecule has 0 aliphatic carbocycles. The third-order valence-electron chi connectivity index (χ3n) is 3.55. The molecule has 0 spiro atoms. The SMILES string of the molecule is Nc1ncnc2c1ncn2[C@@H]1OC(COP(=O)(O)OP(=O)(O)NP(=O)(O)O)C(=O)C1=O. The van der Waals surface area contributed by atoms with Crippen molar-refractivity contribution in [2.45, 2.75) is 12.3 Å². The number of nitrogens with zero attached hydrogens (tertiary/aromatic N) is 4. The fourth-order valence-electron chi connectivity index (χ4n) is 2.42. The molecule has 2 aromatic rings. The maximum atomic E-state index is 12.3. The molecule has 0 radical (unpaired) electrons. The Bertz CT molecular complexity index is 1190. The van der Waals surface area contributed by atoms with Gasteiger partial charge in [-0.05, 0) is 0 Å². The van der Waals surface area contributed by atoms with Crippen LogP contribution in [0.2, 0.25) is 0 Å². The molecule has 1 saturated heterocycles. The first-order valence-corrected chi connectivity index (χ1v) is 12.4. The zero-order valence-electron chi connectivity index (χ0n) is 14.8. The quantitative estimate of drug-likeness (QED) is 0.174. The maximum absolute atomic E-state index is 12.3. The van der Waals surface area contributed by atoms with Gasteiger partial charge in [-0.25, -0.2) is 28.6 Å². The number of hydrogen-bond donors (Lipinski definition) is 6. The van der Waals surface area contributed by atoms with Gasteiger partial charge in [-0.3, -0.25) is 18.7 Å². The first kappa shape index (κ1) is 23.7. The summed E-state index contributed by atoms with van der Waals surface area (Å²) in [6.45, 7) is -1.09. The van der Waals surface area contributed by atoms with Gasteiger partial charge in [-0.1, -0.05) is 0 Å². The molecule has 21 heteroatoms. The molecule has 0 aromatic carbocycles. The number of nitrogens with two attached hydrogens (primary N) is 1. The molecule has 1 aliphatic rings. The van der Waals surface area contributed by atoms with Gasteiger partial charge in [0, 0.05) is 0 Å². The lowest BCUT2D eigenvalue weighted by Gasteiger charge is -2.18. The van der Waals surface area contributed by atoms with Gasteiger partial charge in [0.25, 0.3) is 5.78 Å². The van der Waals surface area contributed by atoms with Crippen LogP contribution in [0, 0.1) is 0 Å². The van der Waals surface area contributed by atoms with Crippen LogP contribution in [-0.4, -0.2) is 63.4 Å². The van der Waals surface area contributed by atoms with E-state index in [0.717, 1.165) is 22.1 Å². The number of Topliss-reactive ketones (excluding diaryl/α,β-unsaturated/α-hetero) is 2. The summed E-state index contributed by atoms with van der Waals surface area (Å²) in [5, 5.41) is 0. The number of phosphoric acid groups is 1. The van der Waals surface area contributed by atoms with E-state index < -0.39 is 53.8 Å². The molecule has 4 atom stereocenters. The molecule has 3 heterocycles. The van der Waals surface area contributed by atoms with Crippen molar-refractivity contribution in [1.82, 2.24) is 24.4 Å². The first-order valence-electron chi connectivity index (χ1n) is 7.72. The number of ketones is 2. The lowest BCUT2D eigenvalue weighted by atomic mass is 10.2. The van der Waals surface area contributed by atoms with Crippen molar-refractivity contribution in [3.63, 3.8) is 0 Å². The van der Waals surface area contributed by atoms with Crippen molar-refractivity contribution < 1.29 is 56.4 Å². The second-order valence-corrected chi connectivity index (χ2v) is 10.6. The van der Waals surface area contributed by atoms with E-state index >= 15 is 0 Å². The number of nitrogen functional groups attached to an aromatic ring is 1. The minimum absolute atomic E-state index is 0.00359. The van der Waals surface area contributed by atoms with Gasteiger partial charge in [0.15, 0.2) is 17.6 Å². The first-order chi connectivity index (χ1) is 14.2. The molecule has 0 saturated carbocycles. The Balaban J connectivity index is 1.71.